The molecule has 2 heteroatoms. The highest BCUT2D eigenvalue weighted by Gasteiger charge is 2.19. The summed E-state index contributed by atoms with van der Waals surface area (Å²) < 4.78 is 5.15. The van der Waals surface area contributed by atoms with Gasteiger partial charge in [-0.3, -0.25) is 0 Å². The van der Waals surface area contributed by atoms with Crippen molar-refractivity contribution in [2.24, 2.45) is 5.92 Å². The van der Waals surface area contributed by atoms with Gasteiger partial charge in [-0.15, -0.1) is 0 Å². The first-order valence-electron chi connectivity index (χ1n) is 5.26. The van der Waals surface area contributed by atoms with Crippen LogP contribution in [-0.2, 0) is 0 Å². The first-order chi connectivity index (χ1) is 6.88. The Morgan fingerprint density at radius 1 is 1.43 bits per heavy atom. The van der Waals surface area contributed by atoms with Gasteiger partial charge in [0.05, 0.1) is 7.11 Å². The van der Waals surface area contributed by atoms with Crippen molar-refractivity contribution in [3.8, 4) is 5.75 Å². The molecule has 0 radical (unpaired) electrons. The first-order valence-corrected chi connectivity index (χ1v) is 5.26. The minimum atomic E-state index is 0.918. The highest BCUT2D eigenvalue weighted by molar-refractivity contribution is 5.48. The van der Waals surface area contributed by atoms with Crippen molar-refractivity contribution in [1.82, 2.24) is 0 Å². The van der Waals surface area contributed by atoms with Crippen molar-refractivity contribution in [3.05, 3.63) is 24.3 Å². The zero-order valence-corrected chi connectivity index (χ0v) is 8.62. The number of nitrogens with one attached hydrogen (secondary N) is 1. The van der Waals surface area contributed by atoms with Gasteiger partial charge in [-0.2, -0.15) is 0 Å². The zero-order valence-electron chi connectivity index (χ0n) is 8.62. The van der Waals surface area contributed by atoms with Gasteiger partial charge in [0.25, 0.3) is 0 Å². The van der Waals surface area contributed by atoms with Crippen molar-refractivity contribution in [2.75, 3.05) is 19.0 Å². The van der Waals surface area contributed by atoms with Crippen molar-refractivity contribution < 1.29 is 4.74 Å². The molecule has 1 aromatic rings. The average molecular weight is 191 g/mol. The maximum absolute atomic E-state index is 5.15. The van der Waals surface area contributed by atoms with Crippen LogP contribution < -0.4 is 10.1 Å². The van der Waals surface area contributed by atoms with Crippen molar-refractivity contribution in [1.29, 1.82) is 0 Å². The molecule has 0 aliphatic heterocycles. The van der Waals surface area contributed by atoms with Crippen LogP contribution in [-0.4, -0.2) is 13.7 Å². The summed E-state index contributed by atoms with van der Waals surface area (Å²) in [5, 5.41) is 3.41. The molecule has 2 nitrogen and oxygen atoms in total. The summed E-state index contributed by atoms with van der Waals surface area (Å²) in [5.41, 5.74) is 1.16. The number of methoxy groups -OCH3 is 1. The Kier molecular flexibility index (Phi) is 2.92. The molecule has 0 unspecified atom stereocenters. The van der Waals surface area contributed by atoms with Crippen LogP contribution in [0.1, 0.15) is 19.3 Å². The van der Waals surface area contributed by atoms with Crippen LogP contribution in [0.5, 0.6) is 5.75 Å². The Bertz CT molecular complexity index is 294. The molecule has 1 saturated carbocycles. The van der Waals surface area contributed by atoms with E-state index in [2.05, 4.69) is 11.4 Å². The topological polar surface area (TPSA) is 21.3 Å². The van der Waals surface area contributed by atoms with Crippen LogP contribution in [0.25, 0.3) is 0 Å². The summed E-state index contributed by atoms with van der Waals surface area (Å²) in [6.45, 7) is 1.08. The Morgan fingerprint density at radius 3 is 3.00 bits per heavy atom. The van der Waals surface area contributed by atoms with Gasteiger partial charge in [-0.05, 0) is 24.5 Å². The Hall–Kier alpha value is -1.18. The fourth-order valence-corrected chi connectivity index (χ4v) is 1.56. The lowest BCUT2D eigenvalue weighted by Crippen LogP contribution is -2.02. The molecule has 0 amide bonds. The Balaban J connectivity index is 1.81. The van der Waals surface area contributed by atoms with Crippen molar-refractivity contribution in [3.63, 3.8) is 0 Å². The predicted molar refractivity (Wildman–Crippen MR) is 58.8 cm³/mol. The van der Waals surface area contributed by atoms with E-state index < -0.39 is 0 Å². The van der Waals surface area contributed by atoms with Crippen molar-refractivity contribution >= 4 is 5.69 Å². The lowest BCUT2D eigenvalue weighted by atomic mass is 10.2. The second kappa shape index (κ2) is 4.36. The fraction of sp³-hybridized carbons (Fsp3) is 0.500. The van der Waals surface area contributed by atoms with Crippen LogP contribution in [0.15, 0.2) is 24.3 Å². The van der Waals surface area contributed by atoms with E-state index in [1.165, 1.54) is 19.3 Å². The van der Waals surface area contributed by atoms with Crippen LogP contribution in [0.4, 0.5) is 5.69 Å². The third kappa shape index (κ3) is 2.66. The summed E-state index contributed by atoms with van der Waals surface area (Å²) in [6, 6.07) is 8.09. The molecule has 1 fully saturated rings. The normalized spacial score (nSPS) is 15.2. The van der Waals surface area contributed by atoms with E-state index in [0.717, 1.165) is 23.9 Å². The quantitative estimate of drug-likeness (QED) is 0.772. The molecule has 0 aromatic heterocycles. The minimum absolute atomic E-state index is 0.918. The maximum Gasteiger partial charge on any atom is 0.120 e. The van der Waals surface area contributed by atoms with E-state index in [0.29, 0.717) is 0 Å². The van der Waals surface area contributed by atoms with Crippen LogP contribution in [0, 0.1) is 5.92 Å². The SMILES string of the molecule is COc1cccc(NCCC2CC2)c1. The fourth-order valence-electron chi connectivity index (χ4n) is 1.56. The number of rotatable bonds is 5. The van der Waals surface area contributed by atoms with Crippen LogP contribution in [0.3, 0.4) is 0 Å². The predicted octanol–water partition coefficient (Wildman–Crippen LogP) is 2.91. The molecule has 1 N–H and O–H groups in total. The van der Waals surface area contributed by atoms with E-state index in [4.69, 9.17) is 4.74 Å². The van der Waals surface area contributed by atoms with E-state index in [1.54, 1.807) is 7.11 Å². The monoisotopic (exact) mass is 191 g/mol. The van der Waals surface area contributed by atoms with Gasteiger partial charge >= 0.3 is 0 Å². The molecule has 76 valence electrons. The molecular weight excluding hydrogens is 174 g/mol. The number of ether oxygens (including phenoxy) is 1. The van der Waals surface area contributed by atoms with E-state index >= 15 is 0 Å². The first kappa shape index (κ1) is 9.38. The molecule has 1 aliphatic carbocycles. The molecular formula is C12H17NO. The Labute approximate surface area is 85.3 Å². The third-order valence-corrected chi connectivity index (χ3v) is 2.65. The molecule has 0 bridgehead atoms. The van der Waals surface area contributed by atoms with Gasteiger partial charge in [0.1, 0.15) is 5.75 Å². The molecule has 1 aromatic carbocycles. The number of hydrogen-bond acceptors (Lipinski definition) is 2. The van der Waals surface area contributed by atoms with Gasteiger partial charge in [0, 0.05) is 18.3 Å². The van der Waals surface area contributed by atoms with Crippen LogP contribution in [0.2, 0.25) is 0 Å². The van der Waals surface area contributed by atoms with Gasteiger partial charge in [-0.25, -0.2) is 0 Å². The smallest absolute Gasteiger partial charge is 0.120 e. The summed E-state index contributed by atoms with van der Waals surface area (Å²) >= 11 is 0. The molecule has 0 heterocycles. The summed E-state index contributed by atoms with van der Waals surface area (Å²) in [7, 11) is 1.70. The Morgan fingerprint density at radius 2 is 2.29 bits per heavy atom. The number of anilines is 1. The summed E-state index contributed by atoms with van der Waals surface area (Å²) in [5.74, 6) is 1.91. The third-order valence-electron chi connectivity index (χ3n) is 2.65. The molecule has 1 aliphatic rings. The van der Waals surface area contributed by atoms with E-state index in [9.17, 15) is 0 Å². The highest BCUT2D eigenvalue weighted by Crippen LogP contribution is 2.32. The van der Waals surface area contributed by atoms with Crippen LogP contribution >= 0.6 is 0 Å². The summed E-state index contributed by atoms with van der Waals surface area (Å²) in [4.78, 5) is 0. The lowest BCUT2D eigenvalue weighted by Gasteiger charge is -2.07. The van der Waals surface area contributed by atoms with Gasteiger partial charge in [-0.1, -0.05) is 18.9 Å². The molecule has 2 rings (SSSR count). The second-order valence-corrected chi connectivity index (χ2v) is 3.89. The van der Waals surface area contributed by atoms with E-state index in [1.807, 2.05) is 18.2 Å². The second-order valence-electron chi connectivity index (χ2n) is 3.89. The minimum Gasteiger partial charge on any atom is -0.497 e. The average Bonchev–Trinajstić information content (AvgIpc) is 3.02. The highest BCUT2D eigenvalue weighted by atomic mass is 16.5. The largest absolute Gasteiger partial charge is 0.497 e. The molecule has 14 heavy (non-hydrogen) atoms. The van der Waals surface area contributed by atoms with Gasteiger partial charge < -0.3 is 10.1 Å². The maximum atomic E-state index is 5.15. The molecule has 0 saturated heterocycles. The number of hydrogen-bond donors (Lipinski definition) is 1. The molecule has 0 spiro atoms. The zero-order chi connectivity index (χ0) is 9.80. The summed E-state index contributed by atoms with van der Waals surface area (Å²) in [6.07, 6.45) is 4.16. The van der Waals surface area contributed by atoms with Gasteiger partial charge in [0.15, 0.2) is 0 Å². The van der Waals surface area contributed by atoms with E-state index in [-0.39, 0.29) is 0 Å². The number of benzene rings is 1. The van der Waals surface area contributed by atoms with Crippen molar-refractivity contribution in [2.45, 2.75) is 19.3 Å². The lowest BCUT2D eigenvalue weighted by molar-refractivity contribution is 0.415. The standard InChI is InChI=1S/C12H17NO/c1-14-12-4-2-3-11(9-12)13-8-7-10-5-6-10/h2-4,9-10,13H,5-8H2,1H3. The van der Waals surface area contributed by atoms with Gasteiger partial charge in [0.2, 0.25) is 0 Å². The molecule has 0 atom stereocenters.